The third-order valence-corrected chi connectivity index (χ3v) is 7.48. The first-order valence-corrected chi connectivity index (χ1v) is 11.8. The lowest BCUT2D eigenvalue weighted by Crippen LogP contribution is -2.30. The van der Waals surface area contributed by atoms with Crippen molar-refractivity contribution in [3.8, 4) is 16.9 Å². The first kappa shape index (κ1) is 24.7. The zero-order chi connectivity index (χ0) is 24.5. The number of alkyl halides is 3. The van der Waals surface area contributed by atoms with Gasteiger partial charge in [-0.2, -0.15) is 0 Å². The van der Waals surface area contributed by atoms with Crippen LogP contribution >= 0.6 is 0 Å². The molecule has 0 aromatic heterocycles. The smallest absolute Gasteiger partial charge is 0.403 e. The monoisotopic (exact) mass is 482 g/mol. The molecule has 2 aromatic rings. The third kappa shape index (κ3) is 5.61. The molecule has 0 bridgehead atoms. The van der Waals surface area contributed by atoms with Crippen LogP contribution in [0.5, 0.6) is 5.75 Å². The molecule has 0 amide bonds. The Morgan fingerprint density at radius 3 is 2.21 bits per heavy atom. The van der Waals surface area contributed by atoms with Crippen molar-refractivity contribution >= 4 is 0 Å². The summed E-state index contributed by atoms with van der Waals surface area (Å²) in [5.41, 5.74) is -0.0590. The molecular weight excluding hydrogens is 454 g/mol. The van der Waals surface area contributed by atoms with Crippen LogP contribution in [0.4, 0.5) is 26.3 Å². The Hall–Kier alpha value is -2.44. The van der Waals surface area contributed by atoms with Crippen molar-refractivity contribution in [2.45, 2.75) is 63.6 Å². The van der Waals surface area contributed by atoms with E-state index in [1.54, 1.807) is 0 Å². The molecular formula is C27H28F6O. The van der Waals surface area contributed by atoms with Crippen LogP contribution in [-0.2, 0) is 0 Å². The first-order valence-electron chi connectivity index (χ1n) is 11.8. The maximum absolute atomic E-state index is 15.0. The number of benzene rings is 2. The largest absolute Gasteiger partial charge is 0.573 e. The summed E-state index contributed by atoms with van der Waals surface area (Å²) in [6, 6.07) is 4.96. The minimum atomic E-state index is -5.07. The van der Waals surface area contributed by atoms with E-state index in [2.05, 4.69) is 11.3 Å². The van der Waals surface area contributed by atoms with Crippen LogP contribution in [0.15, 0.2) is 43.0 Å². The van der Waals surface area contributed by atoms with Crippen molar-refractivity contribution in [2.24, 2.45) is 17.8 Å². The topological polar surface area (TPSA) is 9.23 Å². The van der Waals surface area contributed by atoms with Gasteiger partial charge in [-0.15, -0.1) is 19.8 Å². The zero-order valence-corrected chi connectivity index (χ0v) is 18.8. The predicted molar refractivity (Wildman–Crippen MR) is 119 cm³/mol. The lowest BCUT2D eigenvalue weighted by molar-refractivity contribution is -0.275. The van der Waals surface area contributed by atoms with E-state index in [4.69, 9.17) is 0 Å². The van der Waals surface area contributed by atoms with Crippen molar-refractivity contribution in [1.29, 1.82) is 0 Å². The molecule has 2 aromatic carbocycles. The average molecular weight is 483 g/mol. The highest BCUT2D eigenvalue weighted by atomic mass is 19.4. The van der Waals surface area contributed by atoms with Gasteiger partial charge in [0.15, 0.2) is 11.6 Å². The number of ether oxygens (including phenoxy) is 1. The summed E-state index contributed by atoms with van der Waals surface area (Å²) in [6.07, 6.45) is 5.46. The van der Waals surface area contributed by atoms with Crippen LogP contribution in [0.3, 0.4) is 0 Å². The Bertz CT molecular complexity index is 1010. The Balaban J connectivity index is 1.48. The van der Waals surface area contributed by atoms with Gasteiger partial charge in [-0.1, -0.05) is 18.6 Å². The van der Waals surface area contributed by atoms with Crippen molar-refractivity contribution in [2.75, 3.05) is 0 Å². The van der Waals surface area contributed by atoms with E-state index in [1.807, 2.05) is 6.08 Å². The Kier molecular flexibility index (Phi) is 7.29. The maximum Gasteiger partial charge on any atom is 0.573 e. The van der Waals surface area contributed by atoms with E-state index < -0.39 is 35.1 Å². The molecule has 1 nitrogen and oxygen atoms in total. The molecule has 2 aliphatic carbocycles. The number of allylic oxidation sites excluding steroid dienone is 1. The number of hydrogen-bond donors (Lipinski definition) is 0. The molecule has 7 heteroatoms. The molecule has 0 heterocycles. The fourth-order valence-corrected chi connectivity index (χ4v) is 5.87. The number of rotatable bonds is 6. The van der Waals surface area contributed by atoms with E-state index in [0.717, 1.165) is 50.2 Å². The Labute approximate surface area is 195 Å². The van der Waals surface area contributed by atoms with Gasteiger partial charge in [0, 0.05) is 0 Å². The lowest BCUT2D eigenvalue weighted by Gasteiger charge is -2.42. The second-order valence-electron chi connectivity index (χ2n) is 9.63. The fourth-order valence-electron chi connectivity index (χ4n) is 5.87. The molecule has 184 valence electrons. The molecule has 0 spiro atoms. The van der Waals surface area contributed by atoms with E-state index >= 15 is 0 Å². The quantitative estimate of drug-likeness (QED) is 0.295. The minimum absolute atomic E-state index is 0.0586. The third-order valence-electron chi connectivity index (χ3n) is 7.48. The molecule has 4 rings (SSSR count). The number of fused-ring (bicyclic) bond motifs is 1. The normalized spacial score (nSPS) is 25.0. The number of hydrogen-bond acceptors (Lipinski definition) is 1. The lowest BCUT2D eigenvalue weighted by atomic mass is 9.63. The van der Waals surface area contributed by atoms with Gasteiger partial charge in [0.25, 0.3) is 0 Å². The highest BCUT2D eigenvalue weighted by Gasteiger charge is 2.36. The Morgan fingerprint density at radius 1 is 0.882 bits per heavy atom. The van der Waals surface area contributed by atoms with Crippen LogP contribution in [0.1, 0.15) is 62.8 Å². The van der Waals surface area contributed by atoms with Crippen LogP contribution < -0.4 is 4.74 Å². The summed E-state index contributed by atoms with van der Waals surface area (Å²) in [7, 11) is 0. The van der Waals surface area contributed by atoms with E-state index in [-0.39, 0.29) is 11.5 Å². The van der Waals surface area contributed by atoms with Crippen LogP contribution in [-0.4, -0.2) is 6.36 Å². The first-order chi connectivity index (χ1) is 16.1. The molecule has 0 radical (unpaired) electrons. The summed E-state index contributed by atoms with van der Waals surface area (Å²) in [4.78, 5) is 0. The second kappa shape index (κ2) is 10.0. The van der Waals surface area contributed by atoms with Gasteiger partial charge in [0.1, 0.15) is 11.6 Å². The van der Waals surface area contributed by atoms with Gasteiger partial charge >= 0.3 is 6.36 Å². The van der Waals surface area contributed by atoms with Crippen LogP contribution in [0.25, 0.3) is 11.1 Å². The zero-order valence-electron chi connectivity index (χ0n) is 18.8. The predicted octanol–water partition coefficient (Wildman–Crippen LogP) is 8.94. The van der Waals surface area contributed by atoms with Crippen LogP contribution in [0.2, 0.25) is 0 Å². The van der Waals surface area contributed by atoms with Crippen molar-refractivity contribution in [3.63, 3.8) is 0 Å². The van der Waals surface area contributed by atoms with Crippen LogP contribution in [0, 0.1) is 35.2 Å². The van der Waals surface area contributed by atoms with E-state index in [1.165, 1.54) is 31.4 Å². The maximum atomic E-state index is 15.0. The van der Waals surface area contributed by atoms with E-state index in [9.17, 15) is 26.3 Å². The summed E-state index contributed by atoms with van der Waals surface area (Å²) < 4.78 is 84.7. The molecule has 34 heavy (non-hydrogen) atoms. The molecule has 0 aliphatic heterocycles. The van der Waals surface area contributed by atoms with Gasteiger partial charge < -0.3 is 4.74 Å². The van der Waals surface area contributed by atoms with Crippen molar-refractivity contribution in [3.05, 3.63) is 66.0 Å². The highest BCUT2D eigenvalue weighted by molar-refractivity contribution is 5.66. The second-order valence-corrected chi connectivity index (χ2v) is 9.63. The van der Waals surface area contributed by atoms with Gasteiger partial charge in [0.2, 0.25) is 0 Å². The average Bonchev–Trinajstić information content (AvgIpc) is 2.77. The van der Waals surface area contributed by atoms with E-state index in [0.29, 0.717) is 23.5 Å². The summed E-state index contributed by atoms with van der Waals surface area (Å²) in [5, 5.41) is 0. The molecule has 4 atom stereocenters. The summed E-state index contributed by atoms with van der Waals surface area (Å²) >= 11 is 0. The van der Waals surface area contributed by atoms with Crippen molar-refractivity contribution in [1.82, 2.24) is 0 Å². The Morgan fingerprint density at radius 2 is 1.56 bits per heavy atom. The van der Waals surface area contributed by atoms with Gasteiger partial charge in [0.05, 0.1) is 5.56 Å². The SMILES string of the molecule is C=CCCC1CCC2CC(c3cc(F)c(-c4ccc(OC(F)(F)F)c(F)c4)c(F)c3)CCC2C1. The summed E-state index contributed by atoms with van der Waals surface area (Å²) in [6.45, 7) is 3.80. The standard InChI is InChI=1S/C27H28F6O/c1-2-3-4-16-5-6-18-12-19(8-7-17(18)11-16)21-14-23(29)26(24(30)15-21)20-9-10-25(22(28)13-20)34-27(31,32)33/h2,9-10,13-19H,1,3-8,11-12H2. The molecule has 0 N–H and O–H groups in total. The summed E-state index contributed by atoms with van der Waals surface area (Å²) in [5.74, 6) is -2.09. The molecule has 0 saturated heterocycles. The van der Waals surface area contributed by atoms with Gasteiger partial charge in [-0.25, -0.2) is 13.2 Å². The van der Waals surface area contributed by atoms with Crippen molar-refractivity contribution < 1.29 is 31.1 Å². The minimum Gasteiger partial charge on any atom is -0.403 e. The number of halogens is 6. The molecule has 2 saturated carbocycles. The molecule has 4 unspecified atom stereocenters. The van der Waals surface area contributed by atoms with Gasteiger partial charge in [-0.05, 0) is 104 Å². The molecule has 2 aliphatic rings. The molecule has 2 fully saturated rings. The fraction of sp³-hybridized carbons (Fsp3) is 0.481. The highest BCUT2D eigenvalue weighted by Crippen LogP contribution is 2.49. The van der Waals surface area contributed by atoms with Gasteiger partial charge in [-0.3, -0.25) is 0 Å².